The predicted octanol–water partition coefficient (Wildman–Crippen LogP) is 3.33. The molecule has 0 amide bonds. The van der Waals surface area contributed by atoms with Crippen LogP contribution in [0.2, 0.25) is 0 Å². The van der Waals surface area contributed by atoms with Gasteiger partial charge in [0.2, 0.25) is 0 Å². The largest absolute Gasteiger partial charge is 0.455 e. The summed E-state index contributed by atoms with van der Waals surface area (Å²) < 4.78 is 18.5. The Kier molecular flexibility index (Phi) is 3.27. The van der Waals surface area contributed by atoms with Gasteiger partial charge in [-0.2, -0.15) is 4.39 Å². The number of aryl methyl sites for hydroxylation is 1. The zero-order valence-electron chi connectivity index (χ0n) is 8.10. The van der Waals surface area contributed by atoms with E-state index in [0.29, 0.717) is 5.75 Å². The maximum Gasteiger partial charge on any atom is 0.259 e. The molecule has 0 N–H and O–H groups in total. The van der Waals surface area contributed by atoms with Crippen LogP contribution in [0, 0.1) is 6.92 Å². The molecular formula is C10H14FOP. The van der Waals surface area contributed by atoms with E-state index < -0.39 is 5.60 Å². The highest BCUT2D eigenvalue weighted by molar-refractivity contribution is 7.38. The maximum absolute atomic E-state index is 13.4. The summed E-state index contributed by atoms with van der Waals surface area (Å²) in [5, 5.41) is 0. The van der Waals surface area contributed by atoms with Gasteiger partial charge in [0, 0.05) is 6.92 Å². The summed E-state index contributed by atoms with van der Waals surface area (Å²) in [6.07, 6.45) is 0. The van der Waals surface area contributed by atoms with Crippen LogP contribution in [0.15, 0.2) is 24.3 Å². The summed E-state index contributed by atoms with van der Waals surface area (Å²) in [5.41, 5.74) is -0.387. The molecule has 13 heavy (non-hydrogen) atoms. The van der Waals surface area contributed by atoms with E-state index in [1.54, 1.807) is 18.8 Å². The molecule has 0 spiro atoms. The Bertz CT molecular complexity index is 269. The molecule has 2 unspecified atom stereocenters. The monoisotopic (exact) mass is 200 g/mol. The van der Waals surface area contributed by atoms with E-state index in [1.165, 1.54) is 6.92 Å². The molecular weight excluding hydrogens is 186 g/mol. The van der Waals surface area contributed by atoms with Crippen molar-refractivity contribution >= 4 is 8.58 Å². The number of alkyl halides is 1. The number of halogens is 1. The first-order valence-electron chi connectivity index (χ1n) is 4.17. The Hall–Kier alpha value is -0.620. The lowest BCUT2D eigenvalue weighted by molar-refractivity contribution is 0.0450. The first-order chi connectivity index (χ1) is 6.03. The third kappa shape index (κ3) is 3.31. The molecule has 1 rings (SSSR count). The topological polar surface area (TPSA) is 9.23 Å². The van der Waals surface area contributed by atoms with Gasteiger partial charge >= 0.3 is 0 Å². The second-order valence-corrected chi connectivity index (χ2v) is 4.48. The van der Waals surface area contributed by atoms with E-state index in [4.69, 9.17) is 4.74 Å². The van der Waals surface area contributed by atoms with E-state index in [1.807, 2.05) is 19.1 Å². The van der Waals surface area contributed by atoms with Gasteiger partial charge < -0.3 is 4.74 Å². The molecule has 0 aliphatic carbocycles. The molecule has 1 aromatic carbocycles. The molecule has 0 saturated carbocycles. The van der Waals surface area contributed by atoms with E-state index in [0.717, 1.165) is 5.56 Å². The first kappa shape index (κ1) is 10.5. The average molecular weight is 200 g/mol. The summed E-state index contributed by atoms with van der Waals surface area (Å²) in [6.45, 7) is 5.22. The number of benzene rings is 1. The van der Waals surface area contributed by atoms with Crippen molar-refractivity contribution in [3.8, 4) is 5.75 Å². The summed E-state index contributed by atoms with van der Waals surface area (Å²) >= 11 is 0. The maximum atomic E-state index is 13.4. The number of rotatable bonds is 3. The molecule has 0 aliphatic heterocycles. The van der Waals surface area contributed by atoms with Crippen LogP contribution in [0.4, 0.5) is 4.39 Å². The molecule has 1 aromatic rings. The minimum Gasteiger partial charge on any atom is -0.455 e. The number of hydrogen-bond acceptors (Lipinski definition) is 1. The van der Waals surface area contributed by atoms with Gasteiger partial charge in [-0.1, -0.05) is 17.7 Å². The Morgan fingerprint density at radius 2 is 1.85 bits per heavy atom. The van der Waals surface area contributed by atoms with Crippen LogP contribution < -0.4 is 4.74 Å². The van der Waals surface area contributed by atoms with Gasteiger partial charge in [-0.3, -0.25) is 0 Å². The molecule has 3 heteroatoms. The van der Waals surface area contributed by atoms with Crippen LogP contribution in [-0.4, -0.2) is 12.3 Å². The molecule has 0 aliphatic rings. The molecule has 72 valence electrons. The lowest BCUT2D eigenvalue weighted by Crippen LogP contribution is -2.19. The van der Waals surface area contributed by atoms with Gasteiger partial charge in [-0.15, -0.1) is 0 Å². The minimum absolute atomic E-state index is 0.118. The summed E-state index contributed by atoms with van der Waals surface area (Å²) in [7, 11) is 0.118. The van der Waals surface area contributed by atoms with Crippen molar-refractivity contribution < 1.29 is 9.13 Å². The molecule has 0 heterocycles. The van der Waals surface area contributed by atoms with Crippen LogP contribution in [0.25, 0.3) is 0 Å². The second kappa shape index (κ2) is 4.06. The zero-order valence-corrected chi connectivity index (χ0v) is 9.10. The van der Waals surface area contributed by atoms with Crippen molar-refractivity contribution in [2.75, 3.05) is 6.66 Å². The standard InChI is InChI=1S/C10H14FOP/c1-8-4-6-9(7-5-8)12-10(2,11)13-3/h4-7,13H,1-3H3. The third-order valence-electron chi connectivity index (χ3n) is 1.78. The second-order valence-electron chi connectivity index (χ2n) is 3.08. The highest BCUT2D eigenvalue weighted by atomic mass is 31.1. The van der Waals surface area contributed by atoms with Crippen LogP contribution in [0.5, 0.6) is 5.75 Å². The molecule has 0 fully saturated rings. The Balaban J connectivity index is 2.69. The van der Waals surface area contributed by atoms with E-state index in [2.05, 4.69) is 0 Å². The molecule has 0 radical (unpaired) electrons. The molecule has 0 bridgehead atoms. The quantitative estimate of drug-likeness (QED) is 0.680. The fraction of sp³-hybridized carbons (Fsp3) is 0.400. The van der Waals surface area contributed by atoms with Crippen molar-refractivity contribution in [3.05, 3.63) is 29.8 Å². The number of ether oxygens (including phenoxy) is 1. The van der Waals surface area contributed by atoms with Crippen LogP contribution in [-0.2, 0) is 0 Å². The van der Waals surface area contributed by atoms with Gasteiger partial charge in [-0.05, 0) is 34.3 Å². The van der Waals surface area contributed by atoms with Gasteiger partial charge in [0.15, 0.2) is 0 Å². The molecule has 0 saturated heterocycles. The van der Waals surface area contributed by atoms with Crippen molar-refractivity contribution in [2.45, 2.75) is 19.4 Å². The van der Waals surface area contributed by atoms with E-state index in [-0.39, 0.29) is 8.58 Å². The Morgan fingerprint density at radius 3 is 2.31 bits per heavy atom. The average Bonchev–Trinajstić information content (AvgIpc) is 2.09. The summed E-state index contributed by atoms with van der Waals surface area (Å²) in [5.74, 6) is 0.588. The Labute approximate surface area is 80.1 Å². The minimum atomic E-state index is -1.53. The fourth-order valence-electron chi connectivity index (χ4n) is 0.879. The fourth-order valence-corrected chi connectivity index (χ4v) is 1.10. The van der Waals surface area contributed by atoms with E-state index in [9.17, 15) is 4.39 Å². The molecule has 2 atom stereocenters. The smallest absolute Gasteiger partial charge is 0.259 e. The van der Waals surface area contributed by atoms with Crippen LogP contribution in [0.1, 0.15) is 12.5 Å². The normalized spacial score (nSPS) is 16.0. The van der Waals surface area contributed by atoms with Gasteiger partial charge in [0.1, 0.15) is 5.75 Å². The third-order valence-corrected chi connectivity index (χ3v) is 2.77. The number of hydrogen-bond donors (Lipinski definition) is 0. The van der Waals surface area contributed by atoms with Crippen molar-refractivity contribution in [1.82, 2.24) is 0 Å². The summed E-state index contributed by atoms with van der Waals surface area (Å²) in [6, 6.07) is 7.38. The lowest BCUT2D eigenvalue weighted by Gasteiger charge is -2.20. The van der Waals surface area contributed by atoms with Gasteiger partial charge in [0.25, 0.3) is 5.60 Å². The van der Waals surface area contributed by atoms with Gasteiger partial charge in [0.05, 0.1) is 0 Å². The Morgan fingerprint density at radius 1 is 1.31 bits per heavy atom. The van der Waals surface area contributed by atoms with Crippen molar-refractivity contribution in [3.63, 3.8) is 0 Å². The van der Waals surface area contributed by atoms with Crippen molar-refractivity contribution in [2.24, 2.45) is 0 Å². The molecule has 1 nitrogen and oxygen atoms in total. The SMILES string of the molecule is CPC(C)(F)Oc1ccc(C)cc1. The summed E-state index contributed by atoms with van der Waals surface area (Å²) in [4.78, 5) is 0. The van der Waals surface area contributed by atoms with Gasteiger partial charge in [-0.25, -0.2) is 0 Å². The zero-order chi connectivity index (χ0) is 9.90. The highest BCUT2D eigenvalue weighted by Crippen LogP contribution is 2.32. The predicted molar refractivity (Wildman–Crippen MR) is 55.6 cm³/mol. The van der Waals surface area contributed by atoms with Crippen LogP contribution in [0.3, 0.4) is 0 Å². The first-order valence-corrected chi connectivity index (χ1v) is 5.67. The van der Waals surface area contributed by atoms with Crippen molar-refractivity contribution in [1.29, 1.82) is 0 Å². The van der Waals surface area contributed by atoms with Crippen LogP contribution >= 0.6 is 8.58 Å². The lowest BCUT2D eigenvalue weighted by atomic mass is 10.2. The molecule has 0 aromatic heterocycles. The highest BCUT2D eigenvalue weighted by Gasteiger charge is 2.21. The van der Waals surface area contributed by atoms with E-state index >= 15 is 0 Å².